The molecule has 1 aromatic carbocycles. The summed E-state index contributed by atoms with van der Waals surface area (Å²) in [5.41, 5.74) is 2.06. The number of carbonyl (C=O) groups excluding carboxylic acids is 1. The van der Waals surface area contributed by atoms with Crippen LogP contribution in [0.15, 0.2) is 24.3 Å². The molecular weight excluding hydrogens is 350 g/mol. The molecule has 1 heterocycles. The average molecular weight is 379 g/mol. The van der Waals surface area contributed by atoms with Crippen LogP contribution >= 0.6 is 0 Å². The van der Waals surface area contributed by atoms with E-state index in [1.54, 1.807) is 0 Å². The maximum Gasteiger partial charge on any atom is 0.333 e. The van der Waals surface area contributed by atoms with Crippen LogP contribution in [-0.4, -0.2) is 63.7 Å². The zero-order chi connectivity index (χ0) is 20.4. The Bertz CT molecular complexity index is 622. The summed E-state index contributed by atoms with van der Waals surface area (Å²) in [4.78, 5) is 34.1. The van der Waals surface area contributed by atoms with Crippen molar-refractivity contribution < 1.29 is 29.7 Å². The number of Topliss-reactive ketones (excluding diaryl/α,β-unsaturated/α-hetero) is 1. The molecule has 0 spiro atoms. The van der Waals surface area contributed by atoms with E-state index in [1.807, 2.05) is 31.2 Å². The highest BCUT2D eigenvalue weighted by Crippen LogP contribution is 2.15. The first-order valence-corrected chi connectivity index (χ1v) is 9.16. The third-order valence-electron chi connectivity index (χ3n) is 4.42. The molecule has 1 saturated heterocycles. The lowest BCUT2D eigenvalue weighted by Crippen LogP contribution is -2.35. The second kappa shape index (κ2) is 11.5. The third-order valence-corrected chi connectivity index (χ3v) is 4.42. The first-order valence-electron chi connectivity index (χ1n) is 9.16. The highest BCUT2D eigenvalue weighted by molar-refractivity contribution is 5.97. The maximum absolute atomic E-state index is 12.3. The van der Waals surface area contributed by atoms with Crippen molar-refractivity contribution in [2.75, 3.05) is 19.6 Å². The lowest BCUT2D eigenvalue weighted by molar-refractivity contribution is -0.152. The van der Waals surface area contributed by atoms with E-state index in [9.17, 15) is 14.4 Å². The number of hydrogen-bond donors (Lipinski definition) is 3. The monoisotopic (exact) mass is 379 g/mol. The Kier molecular flexibility index (Phi) is 9.67. The van der Waals surface area contributed by atoms with Crippen molar-refractivity contribution in [1.82, 2.24) is 4.90 Å². The van der Waals surface area contributed by atoms with Gasteiger partial charge in [-0.2, -0.15) is 0 Å². The predicted octanol–water partition coefficient (Wildman–Crippen LogP) is 2.21. The largest absolute Gasteiger partial charge is 0.481 e. The highest BCUT2D eigenvalue weighted by atomic mass is 16.4. The first-order chi connectivity index (χ1) is 12.7. The van der Waals surface area contributed by atoms with Crippen molar-refractivity contribution >= 4 is 17.7 Å². The lowest BCUT2D eigenvalue weighted by Gasteiger charge is -2.28. The number of ketones is 1. The summed E-state index contributed by atoms with van der Waals surface area (Å²) in [5, 5.41) is 24.1. The maximum atomic E-state index is 12.3. The van der Waals surface area contributed by atoms with Gasteiger partial charge in [-0.3, -0.25) is 9.59 Å². The summed E-state index contributed by atoms with van der Waals surface area (Å²) in [7, 11) is 0. The molecule has 0 aromatic heterocycles. The molecular formula is C20H29NO6. The summed E-state index contributed by atoms with van der Waals surface area (Å²) >= 11 is 0. The Hall–Kier alpha value is -2.25. The molecule has 2 rings (SSSR count). The average Bonchev–Trinajstić information content (AvgIpc) is 2.62. The number of piperidine rings is 1. The number of nitrogens with zero attached hydrogens (tertiary/aromatic N) is 1. The summed E-state index contributed by atoms with van der Waals surface area (Å²) < 4.78 is 0. The molecule has 0 radical (unpaired) electrons. The Morgan fingerprint density at radius 1 is 1.04 bits per heavy atom. The molecule has 27 heavy (non-hydrogen) atoms. The van der Waals surface area contributed by atoms with Gasteiger partial charge in [0.2, 0.25) is 0 Å². The number of carbonyl (C=O) groups is 3. The first kappa shape index (κ1) is 22.8. The van der Waals surface area contributed by atoms with E-state index in [2.05, 4.69) is 11.8 Å². The van der Waals surface area contributed by atoms with Crippen LogP contribution in [0.1, 0.15) is 48.5 Å². The Morgan fingerprint density at radius 2 is 1.59 bits per heavy atom. The second-order valence-corrected chi connectivity index (χ2v) is 6.94. The minimum absolute atomic E-state index is 0.103. The van der Waals surface area contributed by atoms with Crippen LogP contribution in [-0.2, 0) is 9.59 Å². The molecule has 0 amide bonds. The molecule has 1 aromatic rings. The van der Waals surface area contributed by atoms with E-state index in [-0.39, 0.29) is 11.7 Å². The smallest absolute Gasteiger partial charge is 0.333 e. The normalized spacial score (nSPS) is 16.6. The number of benzene rings is 1. The highest BCUT2D eigenvalue weighted by Gasteiger charge is 2.19. The van der Waals surface area contributed by atoms with Gasteiger partial charge < -0.3 is 20.2 Å². The fourth-order valence-electron chi connectivity index (χ4n) is 2.87. The topological polar surface area (TPSA) is 115 Å². The van der Waals surface area contributed by atoms with Crippen LogP contribution in [0, 0.1) is 12.8 Å². The van der Waals surface area contributed by atoms with Gasteiger partial charge in [0.1, 0.15) is 0 Å². The predicted molar refractivity (Wildman–Crippen MR) is 101 cm³/mol. The lowest BCUT2D eigenvalue weighted by atomic mass is 9.97. The quantitative estimate of drug-likeness (QED) is 0.622. The van der Waals surface area contributed by atoms with Gasteiger partial charge in [-0.1, -0.05) is 43.2 Å². The number of aliphatic carboxylic acids is 2. The molecule has 2 atom stereocenters. The fraction of sp³-hybridized carbons (Fsp3) is 0.550. The van der Waals surface area contributed by atoms with Gasteiger partial charge in [0.05, 0.1) is 6.42 Å². The van der Waals surface area contributed by atoms with E-state index in [1.165, 1.54) is 24.8 Å². The molecule has 150 valence electrons. The number of aryl methyl sites for hydroxylation is 1. The van der Waals surface area contributed by atoms with Gasteiger partial charge in [-0.15, -0.1) is 0 Å². The molecule has 1 fully saturated rings. The van der Waals surface area contributed by atoms with Gasteiger partial charge in [0.25, 0.3) is 0 Å². The van der Waals surface area contributed by atoms with Crippen molar-refractivity contribution in [3.63, 3.8) is 0 Å². The minimum Gasteiger partial charge on any atom is -0.481 e. The Balaban J connectivity index is 0.000000345. The number of aliphatic hydroxyl groups is 1. The molecule has 0 aliphatic carbocycles. The number of rotatable bonds is 7. The van der Waals surface area contributed by atoms with Crippen LogP contribution in [0.2, 0.25) is 0 Å². The van der Waals surface area contributed by atoms with E-state index < -0.39 is 24.5 Å². The Labute approximate surface area is 159 Å². The summed E-state index contributed by atoms with van der Waals surface area (Å²) in [6.45, 7) is 7.33. The molecule has 1 aliphatic heterocycles. The molecule has 2 unspecified atom stereocenters. The number of hydrogen-bond acceptors (Lipinski definition) is 5. The van der Waals surface area contributed by atoms with E-state index in [0.29, 0.717) is 0 Å². The molecule has 3 N–H and O–H groups in total. The zero-order valence-corrected chi connectivity index (χ0v) is 15.9. The molecule has 0 saturated carbocycles. The van der Waals surface area contributed by atoms with Gasteiger partial charge >= 0.3 is 11.9 Å². The van der Waals surface area contributed by atoms with Crippen molar-refractivity contribution in [3.05, 3.63) is 35.4 Å². The van der Waals surface area contributed by atoms with Crippen molar-refractivity contribution in [1.29, 1.82) is 0 Å². The number of aliphatic hydroxyl groups excluding tert-OH is 1. The van der Waals surface area contributed by atoms with Crippen LogP contribution in [0.4, 0.5) is 0 Å². The van der Waals surface area contributed by atoms with Crippen LogP contribution in [0.5, 0.6) is 0 Å². The molecule has 7 heteroatoms. The van der Waals surface area contributed by atoms with Crippen LogP contribution in [0.3, 0.4) is 0 Å². The van der Waals surface area contributed by atoms with E-state index in [0.717, 1.165) is 25.2 Å². The van der Waals surface area contributed by atoms with Crippen molar-refractivity contribution in [3.8, 4) is 0 Å². The summed E-state index contributed by atoms with van der Waals surface area (Å²) in [6.07, 6.45) is 1.37. The van der Waals surface area contributed by atoms with Gasteiger partial charge in [0.15, 0.2) is 11.9 Å². The molecule has 0 bridgehead atoms. The van der Waals surface area contributed by atoms with Crippen molar-refractivity contribution in [2.45, 2.75) is 45.6 Å². The van der Waals surface area contributed by atoms with Crippen LogP contribution in [0.25, 0.3) is 0 Å². The number of likely N-dealkylation sites (tertiary alicyclic amines) is 1. The van der Waals surface area contributed by atoms with E-state index >= 15 is 0 Å². The van der Waals surface area contributed by atoms with E-state index in [4.69, 9.17) is 15.3 Å². The molecule has 7 nitrogen and oxygen atoms in total. The van der Waals surface area contributed by atoms with Crippen LogP contribution < -0.4 is 0 Å². The fourth-order valence-corrected chi connectivity index (χ4v) is 2.87. The number of carboxylic acids is 2. The third kappa shape index (κ3) is 8.79. The second-order valence-electron chi connectivity index (χ2n) is 6.94. The zero-order valence-electron chi connectivity index (χ0n) is 15.9. The van der Waals surface area contributed by atoms with Crippen molar-refractivity contribution in [2.24, 2.45) is 5.92 Å². The van der Waals surface area contributed by atoms with Gasteiger partial charge in [0, 0.05) is 18.0 Å². The molecule has 1 aliphatic rings. The Morgan fingerprint density at radius 3 is 2.04 bits per heavy atom. The van der Waals surface area contributed by atoms with Gasteiger partial charge in [-0.05, 0) is 32.9 Å². The minimum atomic E-state index is -1.79. The number of carboxylic acid groups (broad SMARTS) is 2. The standard InChI is InChI=1S/C16H23NO.C4H6O5/c1-13-6-8-15(9-7-13)16(18)14(2)12-17-10-4-3-5-11-17;5-2(4(8)9)1-3(6)7/h6-9,14H,3-5,10-12H2,1-2H3;2,5H,1H2,(H,6,7)(H,8,9). The summed E-state index contributed by atoms with van der Waals surface area (Å²) in [6, 6.07) is 7.93. The SMILES string of the molecule is Cc1ccc(C(=O)C(C)CN2CCCCC2)cc1.O=C(O)CC(O)C(=O)O. The van der Waals surface area contributed by atoms with Gasteiger partial charge in [-0.25, -0.2) is 4.79 Å². The summed E-state index contributed by atoms with van der Waals surface area (Å²) in [5.74, 6) is -2.46.